The van der Waals surface area contributed by atoms with Crippen LogP contribution in [0.3, 0.4) is 0 Å². The predicted octanol–water partition coefficient (Wildman–Crippen LogP) is 3.00. The first kappa shape index (κ1) is 16.8. The summed E-state index contributed by atoms with van der Waals surface area (Å²) in [5.74, 6) is -1.65. The summed E-state index contributed by atoms with van der Waals surface area (Å²) in [7, 11) is 1.21. The largest absolute Gasteiger partial charge is 0.469 e. The molecule has 6 heteroatoms. The van der Waals surface area contributed by atoms with Gasteiger partial charge in [-0.2, -0.15) is 0 Å². The number of ketones is 1. The lowest BCUT2D eigenvalue weighted by Crippen LogP contribution is -2.19. The topological polar surface area (TPSA) is 86.5 Å². The Morgan fingerprint density at radius 3 is 2.57 bits per heavy atom. The number of rotatable bonds is 8. The van der Waals surface area contributed by atoms with E-state index in [9.17, 15) is 19.7 Å². The van der Waals surface area contributed by atoms with Gasteiger partial charge in [-0.15, -0.1) is 0 Å². The van der Waals surface area contributed by atoms with Crippen molar-refractivity contribution in [2.75, 3.05) is 7.11 Å². The second kappa shape index (κ2) is 8.14. The number of benzene rings is 1. The lowest BCUT2D eigenvalue weighted by molar-refractivity contribution is -0.385. The Kier molecular flexibility index (Phi) is 6.52. The normalized spacial score (nSPS) is 11.7. The highest BCUT2D eigenvalue weighted by Gasteiger charge is 2.30. The monoisotopic (exact) mass is 293 g/mol. The fraction of sp³-hybridized carbons (Fsp3) is 0.467. The number of hydrogen-bond acceptors (Lipinski definition) is 5. The first-order valence-corrected chi connectivity index (χ1v) is 6.84. The summed E-state index contributed by atoms with van der Waals surface area (Å²) in [5, 5.41) is 11.1. The van der Waals surface area contributed by atoms with Gasteiger partial charge in [-0.05, 0) is 6.42 Å². The summed E-state index contributed by atoms with van der Waals surface area (Å²) >= 11 is 0. The zero-order valence-corrected chi connectivity index (χ0v) is 12.2. The Hall–Kier alpha value is -2.24. The van der Waals surface area contributed by atoms with Gasteiger partial charge >= 0.3 is 5.97 Å². The zero-order chi connectivity index (χ0) is 15.8. The van der Waals surface area contributed by atoms with Crippen LogP contribution in [-0.4, -0.2) is 23.8 Å². The van der Waals surface area contributed by atoms with E-state index >= 15 is 0 Å². The number of Topliss-reactive ketones (excluding diaryl/α,β-unsaturated/α-hetero) is 1. The van der Waals surface area contributed by atoms with E-state index < -0.39 is 16.8 Å². The molecule has 1 aromatic carbocycles. The Bertz CT molecular complexity index is 527. The highest BCUT2D eigenvalue weighted by atomic mass is 16.6. The summed E-state index contributed by atoms with van der Waals surface area (Å²) in [6.45, 7) is 1.97. The van der Waals surface area contributed by atoms with E-state index in [0.29, 0.717) is 6.42 Å². The van der Waals surface area contributed by atoms with Crippen molar-refractivity contribution in [3.63, 3.8) is 0 Å². The quantitative estimate of drug-likeness (QED) is 0.418. The number of ether oxygens (including phenoxy) is 1. The van der Waals surface area contributed by atoms with Gasteiger partial charge in [0.25, 0.3) is 5.69 Å². The first-order chi connectivity index (χ1) is 10.0. The molecule has 6 nitrogen and oxygen atoms in total. The van der Waals surface area contributed by atoms with E-state index in [1.54, 1.807) is 6.07 Å². The molecule has 0 aliphatic heterocycles. The lowest BCUT2D eigenvalue weighted by Gasteiger charge is -2.14. The summed E-state index contributed by atoms with van der Waals surface area (Å²) in [5.41, 5.74) is 0.0513. The van der Waals surface area contributed by atoms with Gasteiger partial charge in [0.05, 0.1) is 18.0 Å². The summed E-state index contributed by atoms with van der Waals surface area (Å²) < 4.78 is 4.69. The third kappa shape index (κ3) is 4.66. The minimum Gasteiger partial charge on any atom is -0.469 e. The van der Waals surface area contributed by atoms with E-state index in [4.69, 9.17) is 4.74 Å². The summed E-state index contributed by atoms with van der Waals surface area (Å²) in [6, 6.07) is 5.94. The third-order valence-electron chi connectivity index (χ3n) is 3.24. The number of esters is 1. The number of nitro benzene ring substituents is 1. The summed E-state index contributed by atoms with van der Waals surface area (Å²) in [6.07, 6.45) is 1.91. The van der Waals surface area contributed by atoms with Gasteiger partial charge in [0.2, 0.25) is 0 Å². The van der Waals surface area contributed by atoms with Gasteiger partial charge in [-0.3, -0.25) is 19.7 Å². The molecule has 0 amide bonds. The van der Waals surface area contributed by atoms with Crippen LogP contribution in [0.1, 0.15) is 44.1 Å². The minimum absolute atomic E-state index is 0.0719. The van der Waals surface area contributed by atoms with Crippen LogP contribution in [0.25, 0.3) is 0 Å². The molecule has 0 saturated heterocycles. The molecule has 0 aromatic heterocycles. The maximum absolute atomic E-state index is 11.9. The Morgan fingerprint density at radius 1 is 1.33 bits per heavy atom. The smallest absolute Gasteiger partial charge is 0.313 e. The molecule has 0 aliphatic rings. The van der Waals surface area contributed by atoms with E-state index in [2.05, 4.69) is 0 Å². The molecule has 0 bridgehead atoms. The summed E-state index contributed by atoms with van der Waals surface area (Å²) in [4.78, 5) is 34.3. The van der Waals surface area contributed by atoms with E-state index in [1.807, 2.05) is 6.92 Å². The van der Waals surface area contributed by atoms with Gasteiger partial charge in [-0.1, -0.05) is 31.5 Å². The zero-order valence-electron chi connectivity index (χ0n) is 12.2. The van der Waals surface area contributed by atoms with Crippen molar-refractivity contribution in [2.45, 2.75) is 38.5 Å². The number of carbonyl (C=O) groups is 2. The van der Waals surface area contributed by atoms with Crippen LogP contribution >= 0.6 is 0 Å². The van der Waals surface area contributed by atoms with Crippen LogP contribution in [-0.2, 0) is 14.3 Å². The molecule has 1 atom stereocenters. The molecule has 1 rings (SSSR count). The average Bonchev–Trinajstić information content (AvgIpc) is 2.49. The van der Waals surface area contributed by atoms with Crippen LogP contribution in [0.5, 0.6) is 0 Å². The molecule has 0 heterocycles. The van der Waals surface area contributed by atoms with Gasteiger partial charge in [0.1, 0.15) is 5.78 Å². The van der Waals surface area contributed by atoms with E-state index in [-0.39, 0.29) is 23.5 Å². The number of unbranched alkanes of at least 4 members (excludes halogenated alkanes) is 1. The number of methoxy groups -OCH3 is 1. The molecule has 1 aromatic rings. The molecule has 0 aliphatic carbocycles. The number of hydrogen-bond donors (Lipinski definition) is 0. The number of nitro groups is 1. The van der Waals surface area contributed by atoms with Crippen LogP contribution < -0.4 is 0 Å². The standard InChI is InChI=1S/C15H19NO5/c1-3-4-7-11(17)10-13(15(18)21-2)12-8-5-6-9-14(12)16(19)20/h5-6,8-9,13H,3-4,7,10H2,1-2H3. The van der Waals surface area contributed by atoms with E-state index in [1.165, 1.54) is 25.3 Å². The van der Waals surface area contributed by atoms with Crippen LogP contribution in [0, 0.1) is 10.1 Å². The van der Waals surface area contributed by atoms with Crippen molar-refractivity contribution < 1.29 is 19.2 Å². The molecule has 0 saturated carbocycles. The van der Waals surface area contributed by atoms with Crippen LogP contribution in [0.4, 0.5) is 5.69 Å². The van der Waals surface area contributed by atoms with Gasteiger partial charge in [0.15, 0.2) is 0 Å². The van der Waals surface area contributed by atoms with Crippen molar-refractivity contribution in [3.8, 4) is 0 Å². The Balaban J connectivity index is 3.06. The number of carbonyl (C=O) groups excluding carboxylic acids is 2. The molecule has 0 radical (unpaired) electrons. The number of nitrogens with zero attached hydrogens (tertiary/aromatic N) is 1. The highest BCUT2D eigenvalue weighted by Crippen LogP contribution is 2.30. The van der Waals surface area contributed by atoms with Gasteiger partial charge in [0, 0.05) is 24.5 Å². The van der Waals surface area contributed by atoms with Crippen molar-refractivity contribution in [2.24, 2.45) is 0 Å². The van der Waals surface area contributed by atoms with Crippen molar-refractivity contribution in [1.82, 2.24) is 0 Å². The number of para-hydroxylation sites is 1. The van der Waals surface area contributed by atoms with E-state index in [0.717, 1.165) is 12.8 Å². The van der Waals surface area contributed by atoms with Crippen LogP contribution in [0.2, 0.25) is 0 Å². The van der Waals surface area contributed by atoms with Crippen molar-refractivity contribution >= 4 is 17.4 Å². The Morgan fingerprint density at radius 2 is 2.00 bits per heavy atom. The lowest BCUT2D eigenvalue weighted by atomic mass is 9.91. The fourth-order valence-electron chi connectivity index (χ4n) is 2.11. The molecule has 0 spiro atoms. The third-order valence-corrected chi connectivity index (χ3v) is 3.24. The minimum atomic E-state index is -0.930. The molecular weight excluding hydrogens is 274 g/mol. The first-order valence-electron chi connectivity index (χ1n) is 6.84. The molecule has 21 heavy (non-hydrogen) atoms. The maximum atomic E-state index is 11.9. The SMILES string of the molecule is CCCCC(=O)CC(C(=O)OC)c1ccccc1[N+](=O)[O-]. The van der Waals surface area contributed by atoms with Gasteiger partial charge in [-0.25, -0.2) is 0 Å². The average molecular weight is 293 g/mol. The van der Waals surface area contributed by atoms with Crippen LogP contribution in [0.15, 0.2) is 24.3 Å². The second-order valence-corrected chi connectivity index (χ2v) is 4.74. The molecule has 0 N–H and O–H groups in total. The highest BCUT2D eigenvalue weighted by molar-refractivity contribution is 5.88. The maximum Gasteiger partial charge on any atom is 0.313 e. The molecule has 1 unspecified atom stereocenters. The van der Waals surface area contributed by atoms with Crippen molar-refractivity contribution in [3.05, 3.63) is 39.9 Å². The van der Waals surface area contributed by atoms with Gasteiger partial charge < -0.3 is 4.74 Å². The predicted molar refractivity (Wildman–Crippen MR) is 77.0 cm³/mol. The van der Waals surface area contributed by atoms with Crippen molar-refractivity contribution in [1.29, 1.82) is 0 Å². The fourth-order valence-corrected chi connectivity index (χ4v) is 2.11. The molecule has 0 fully saturated rings. The Labute approximate surface area is 123 Å². The molecule has 114 valence electrons. The molecular formula is C15H19NO5. The second-order valence-electron chi connectivity index (χ2n) is 4.74.